The lowest BCUT2D eigenvalue weighted by Crippen LogP contribution is -1.89. The van der Waals surface area contributed by atoms with Gasteiger partial charge in [-0.3, -0.25) is 4.99 Å². The molecule has 0 aliphatic carbocycles. The Balaban J connectivity index is 1.62. The zero-order valence-electron chi connectivity index (χ0n) is 12.6. The second-order valence-corrected chi connectivity index (χ2v) is 5.48. The van der Waals surface area contributed by atoms with Gasteiger partial charge in [0, 0.05) is 23.8 Å². The number of allylic oxidation sites excluding steroid dienone is 1. The van der Waals surface area contributed by atoms with Gasteiger partial charge in [0.2, 0.25) is 5.89 Å². The fraction of sp³-hybridized carbons (Fsp3) is 0.0526. The van der Waals surface area contributed by atoms with Gasteiger partial charge in [0.25, 0.3) is 0 Å². The van der Waals surface area contributed by atoms with Crippen molar-refractivity contribution < 1.29 is 13.9 Å². The smallest absolute Gasteiger partial charge is 0.310 e. The van der Waals surface area contributed by atoms with Gasteiger partial charge in [-0.1, -0.05) is 30.3 Å². The average molecular weight is 320 g/mol. The molecule has 4 rings (SSSR count). The molecule has 0 fully saturated rings. The number of halogens is 1. The Kier molecular flexibility index (Phi) is 3.46. The molecule has 3 aromatic rings. The molecule has 0 radical (unpaired) electrons. The van der Waals surface area contributed by atoms with Gasteiger partial charge in [-0.15, -0.1) is 0 Å². The molecule has 0 spiro atoms. The first-order chi connectivity index (χ1) is 11.7. The Morgan fingerprint density at radius 2 is 1.88 bits per heavy atom. The van der Waals surface area contributed by atoms with Crippen LogP contribution in [0.25, 0.3) is 11.6 Å². The lowest BCUT2D eigenvalue weighted by Gasteiger charge is -1.97. The van der Waals surface area contributed by atoms with E-state index in [1.54, 1.807) is 24.4 Å². The van der Waals surface area contributed by atoms with E-state index in [4.69, 9.17) is 4.42 Å². The Bertz CT molecular complexity index is 956. The fourth-order valence-corrected chi connectivity index (χ4v) is 2.62. The monoisotopic (exact) mass is 320 g/mol. The van der Waals surface area contributed by atoms with Gasteiger partial charge in [-0.2, -0.15) is 0 Å². The average Bonchev–Trinajstić information content (AvgIpc) is 3.14. The van der Waals surface area contributed by atoms with E-state index < -0.39 is 0 Å². The number of hydrogen-bond donors (Lipinski definition) is 1. The number of oxazole rings is 1. The number of nitrogens with zero attached hydrogens (tertiary/aromatic N) is 2. The third kappa shape index (κ3) is 2.72. The number of rotatable bonds is 3. The van der Waals surface area contributed by atoms with E-state index >= 15 is 0 Å². The van der Waals surface area contributed by atoms with Crippen LogP contribution < -0.4 is 0 Å². The number of aliphatic imine (C=N–C) groups is 1. The molecule has 0 atom stereocenters. The summed E-state index contributed by atoms with van der Waals surface area (Å²) in [5.74, 6) is -0.162. The third-order valence-corrected chi connectivity index (χ3v) is 3.80. The molecule has 0 saturated carbocycles. The van der Waals surface area contributed by atoms with Crippen molar-refractivity contribution in [3.8, 4) is 5.95 Å². The highest BCUT2D eigenvalue weighted by molar-refractivity contribution is 6.21. The van der Waals surface area contributed by atoms with Crippen LogP contribution in [-0.2, 0) is 6.42 Å². The molecule has 0 bridgehead atoms. The van der Waals surface area contributed by atoms with E-state index in [9.17, 15) is 9.50 Å². The fourth-order valence-electron chi connectivity index (χ4n) is 2.62. The largest absolute Gasteiger partial charge is 0.479 e. The van der Waals surface area contributed by atoms with Crippen molar-refractivity contribution in [2.24, 2.45) is 4.99 Å². The zero-order valence-corrected chi connectivity index (χ0v) is 12.6. The molecule has 5 heteroatoms. The molecule has 0 amide bonds. The standard InChI is InChI=1S/C19H13FN2O2/c20-14-7-5-12(6-8-14)9-18-22-17(19(23)24-18)10-13-11-21-16-4-2-1-3-15(13)16/h1-8,10-11,23H,9H2/b13-10+. The third-order valence-electron chi connectivity index (χ3n) is 3.80. The second kappa shape index (κ2) is 5.77. The maximum absolute atomic E-state index is 12.9. The zero-order chi connectivity index (χ0) is 16.5. The Hall–Kier alpha value is -3.21. The SMILES string of the molecule is Oc1oc(Cc2ccc(F)cc2)nc1/C=C1\C=Nc2ccccc21. The Morgan fingerprint density at radius 1 is 1.08 bits per heavy atom. The van der Waals surface area contributed by atoms with Crippen LogP contribution in [0.1, 0.15) is 22.7 Å². The molecule has 2 heterocycles. The number of benzene rings is 2. The summed E-state index contributed by atoms with van der Waals surface area (Å²) in [6, 6.07) is 13.8. The highest BCUT2D eigenvalue weighted by Crippen LogP contribution is 2.33. The molecule has 1 aliphatic rings. The van der Waals surface area contributed by atoms with E-state index in [1.807, 2.05) is 24.3 Å². The van der Waals surface area contributed by atoms with Crippen molar-refractivity contribution in [3.05, 3.63) is 77.1 Å². The molecule has 1 aromatic heterocycles. The molecule has 0 unspecified atom stereocenters. The van der Waals surface area contributed by atoms with Crippen molar-refractivity contribution in [2.45, 2.75) is 6.42 Å². The molecule has 118 valence electrons. The first-order valence-corrected chi connectivity index (χ1v) is 7.47. The predicted molar refractivity (Wildman–Crippen MR) is 89.8 cm³/mol. The molecule has 2 aromatic carbocycles. The van der Waals surface area contributed by atoms with E-state index in [0.29, 0.717) is 18.0 Å². The van der Waals surface area contributed by atoms with E-state index in [1.165, 1.54) is 12.1 Å². The van der Waals surface area contributed by atoms with Crippen LogP contribution in [0, 0.1) is 5.82 Å². The first-order valence-electron chi connectivity index (χ1n) is 7.47. The lowest BCUT2D eigenvalue weighted by molar-refractivity contribution is 0.319. The number of hydrogen-bond acceptors (Lipinski definition) is 4. The molecule has 24 heavy (non-hydrogen) atoms. The summed E-state index contributed by atoms with van der Waals surface area (Å²) in [6.07, 6.45) is 3.85. The minimum absolute atomic E-state index is 0.239. The molecule has 0 saturated heterocycles. The molecular formula is C19H13FN2O2. The number of aromatic hydroxyl groups is 1. The minimum Gasteiger partial charge on any atom is -0.479 e. The van der Waals surface area contributed by atoms with Crippen molar-refractivity contribution in [3.63, 3.8) is 0 Å². The summed E-state index contributed by atoms with van der Waals surface area (Å²) in [4.78, 5) is 8.64. The van der Waals surface area contributed by atoms with Crippen LogP contribution in [-0.4, -0.2) is 16.3 Å². The molecule has 4 nitrogen and oxygen atoms in total. The maximum atomic E-state index is 12.9. The van der Waals surface area contributed by atoms with Gasteiger partial charge in [0.05, 0.1) is 5.69 Å². The molecular weight excluding hydrogens is 307 g/mol. The molecule has 1 N–H and O–H groups in total. The quantitative estimate of drug-likeness (QED) is 0.779. The van der Waals surface area contributed by atoms with Gasteiger partial charge < -0.3 is 9.52 Å². The molecule has 1 aliphatic heterocycles. The summed E-state index contributed by atoms with van der Waals surface area (Å²) in [5, 5.41) is 9.98. The first kappa shape index (κ1) is 14.4. The summed E-state index contributed by atoms with van der Waals surface area (Å²) in [6.45, 7) is 0. The van der Waals surface area contributed by atoms with E-state index in [0.717, 1.165) is 22.4 Å². The van der Waals surface area contributed by atoms with Crippen molar-refractivity contribution >= 4 is 23.6 Å². The summed E-state index contributed by atoms with van der Waals surface area (Å²) >= 11 is 0. The van der Waals surface area contributed by atoms with Crippen molar-refractivity contribution in [1.29, 1.82) is 0 Å². The lowest BCUT2D eigenvalue weighted by atomic mass is 10.1. The Morgan fingerprint density at radius 3 is 2.71 bits per heavy atom. The van der Waals surface area contributed by atoms with Crippen molar-refractivity contribution in [2.75, 3.05) is 0 Å². The number of aromatic nitrogens is 1. The van der Waals surface area contributed by atoms with E-state index in [2.05, 4.69) is 9.98 Å². The highest BCUT2D eigenvalue weighted by atomic mass is 19.1. The van der Waals surface area contributed by atoms with Crippen LogP contribution in [0.5, 0.6) is 5.95 Å². The normalized spacial score (nSPS) is 14.3. The summed E-state index contributed by atoms with van der Waals surface area (Å²) in [5.41, 5.74) is 3.94. The maximum Gasteiger partial charge on any atom is 0.310 e. The highest BCUT2D eigenvalue weighted by Gasteiger charge is 2.15. The van der Waals surface area contributed by atoms with Crippen LogP contribution in [0.4, 0.5) is 10.1 Å². The minimum atomic E-state index is -0.293. The number of fused-ring (bicyclic) bond motifs is 1. The van der Waals surface area contributed by atoms with Crippen LogP contribution >= 0.6 is 0 Å². The van der Waals surface area contributed by atoms with Crippen LogP contribution in [0.3, 0.4) is 0 Å². The van der Waals surface area contributed by atoms with Crippen LogP contribution in [0.2, 0.25) is 0 Å². The Labute approximate surface area is 137 Å². The van der Waals surface area contributed by atoms with Crippen LogP contribution in [0.15, 0.2) is 57.9 Å². The summed E-state index contributed by atoms with van der Waals surface area (Å²) in [7, 11) is 0. The van der Waals surface area contributed by atoms with Gasteiger partial charge in [-0.25, -0.2) is 9.37 Å². The number of para-hydroxylation sites is 1. The summed E-state index contributed by atoms with van der Waals surface area (Å²) < 4.78 is 18.3. The van der Waals surface area contributed by atoms with Gasteiger partial charge in [-0.05, 0) is 29.8 Å². The second-order valence-electron chi connectivity index (χ2n) is 5.48. The van der Waals surface area contributed by atoms with E-state index in [-0.39, 0.29) is 11.8 Å². The predicted octanol–water partition coefficient (Wildman–Crippen LogP) is 4.37. The van der Waals surface area contributed by atoms with Gasteiger partial charge in [0.1, 0.15) is 11.5 Å². The van der Waals surface area contributed by atoms with Crippen molar-refractivity contribution in [1.82, 2.24) is 4.98 Å². The van der Waals surface area contributed by atoms with Gasteiger partial charge in [0.15, 0.2) is 0 Å². The van der Waals surface area contributed by atoms with Gasteiger partial charge >= 0.3 is 5.95 Å². The topological polar surface area (TPSA) is 58.6 Å².